The number of hydrogen-bond acceptors (Lipinski definition) is 4. The molecule has 2 aromatic carbocycles. The Morgan fingerprint density at radius 2 is 2.00 bits per heavy atom. The van der Waals surface area contributed by atoms with Gasteiger partial charge in [0, 0.05) is 19.2 Å². The van der Waals surface area contributed by atoms with Crippen LogP contribution >= 0.6 is 0 Å². The molecule has 0 radical (unpaired) electrons. The maximum Gasteiger partial charge on any atom is 0.243 e. The van der Waals surface area contributed by atoms with Gasteiger partial charge < -0.3 is 10.3 Å². The van der Waals surface area contributed by atoms with Gasteiger partial charge >= 0.3 is 0 Å². The third-order valence-electron chi connectivity index (χ3n) is 4.76. The molecule has 3 aromatic rings. The Morgan fingerprint density at radius 3 is 2.71 bits per heavy atom. The highest BCUT2D eigenvalue weighted by Gasteiger charge is 2.37. The van der Waals surface area contributed by atoms with Crippen molar-refractivity contribution in [2.24, 2.45) is 0 Å². The fourth-order valence-electron chi connectivity index (χ4n) is 3.51. The number of carbonyl (C=O) groups excluding carboxylic acids is 1. The van der Waals surface area contributed by atoms with E-state index in [4.69, 9.17) is 0 Å². The van der Waals surface area contributed by atoms with Crippen LogP contribution in [0.25, 0.3) is 11.0 Å². The van der Waals surface area contributed by atoms with Gasteiger partial charge in [-0.1, -0.05) is 0 Å². The molecule has 28 heavy (non-hydrogen) atoms. The van der Waals surface area contributed by atoms with Gasteiger partial charge in [-0.15, -0.1) is 0 Å². The number of halogens is 1. The van der Waals surface area contributed by atoms with Crippen LogP contribution in [0.5, 0.6) is 0 Å². The van der Waals surface area contributed by atoms with Crippen LogP contribution in [0.4, 0.5) is 10.1 Å². The third kappa shape index (κ3) is 3.38. The molecular formula is C19H19FN4O3S. The minimum absolute atomic E-state index is 0.149. The Bertz CT molecular complexity index is 1140. The molecule has 0 aliphatic carbocycles. The van der Waals surface area contributed by atoms with Crippen molar-refractivity contribution in [1.82, 2.24) is 14.3 Å². The third-order valence-corrected chi connectivity index (χ3v) is 6.69. The van der Waals surface area contributed by atoms with Crippen molar-refractivity contribution in [3.05, 3.63) is 54.1 Å². The molecule has 0 saturated carbocycles. The second kappa shape index (κ2) is 6.99. The van der Waals surface area contributed by atoms with Crippen LogP contribution in [0.3, 0.4) is 0 Å². The Kier molecular flexibility index (Phi) is 4.64. The van der Waals surface area contributed by atoms with E-state index in [0.29, 0.717) is 41.9 Å². The lowest BCUT2D eigenvalue weighted by molar-refractivity contribution is -0.114. The number of nitrogens with one attached hydrogen (secondary N) is 2. The summed E-state index contributed by atoms with van der Waals surface area (Å²) in [7, 11) is -3.74. The Labute approximate surface area is 161 Å². The van der Waals surface area contributed by atoms with E-state index in [2.05, 4.69) is 15.3 Å². The zero-order valence-electron chi connectivity index (χ0n) is 15.1. The molecule has 1 atom stereocenters. The van der Waals surface area contributed by atoms with Crippen molar-refractivity contribution in [3.63, 3.8) is 0 Å². The smallest absolute Gasteiger partial charge is 0.243 e. The first-order valence-electron chi connectivity index (χ1n) is 8.89. The zero-order valence-corrected chi connectivity index (χ0v) is 16.0. The van der Waals surface area contributed by atoms with Crippen molar-refractivity contribution in [1.29, 1.82) is 0 Å². The number of hydrogen-bond donors (Lipinski definition) is 2. The summed E-state index contributed by atoms with van der Waals surface area (Å²) in [5.41, 5.74) is 1.67. The summed E-state index contributed by atoms with van der Waals surface area (Å²) < 4.78 is 41.2. The summed E-state index contributed by atoms with van der Waals surface area (Å²) in [4.78, 5) is 18.8. The monoisotopic (exact) mass is 402 g/mol. The van der Waals surface area contributed by atoms with Gasteiger partial charge in [0.2, 0.25) is 15.9 Å². The summed E-state index contributed by atoms with van der Waals surface area (Å²) in [5.74, 6) is -0.0917. The summed E-state index contributed by atoms with van der Waals surface area (Å²) >= 11 is 0. The number of benzene rings is 2. The Balaban J connectivity index is 1.65. The van der Waals surface area contributed by atoms with Gasteiger partial charge in [0.25, 0.3) is 0 Å². The summed E-state index contributed by atoms with van der Waals surface area (Å²) in [6.07, 6.45) is 1.34. The predicted molar refractivity (Wildman–Crippen MR) is 103 cm³/mol. The average Bonchev–Trinajstić information content (AvgIpc) is 3.28. The van der Waals surface area contributed by atoms with E-state index in [9.17, 15) is 17.6 Å². The fourth-order valence-corrected chi connectivity index (χ4v) is 5.17. The number of nitrogens with zero attached hydrogens (tertiary/aromatic N) is 2. The van der Waals surface area contributed by atoms with Crippen molar-refractivity contribution in [2.75, 3.05) is 11.9 Å². The Morgan fingerprint density at radius 1 is 1.25 bits per heavy atom. The van der Waals surface area contributed by atoms with Crippen LogP contribution in [-0.4, -0.2) is 35.1 Å². The molecule has 2 N–H and O–H groups in total. The van der Waals surface area contributed by atoms with E-state index >= 15 is 0 Å². The number of sulfonamides is 1. The van der Waals surface area contributed by atoms with Gasteiger partial charge in [0.1, 0.15) is 11.6 Å². The number of carbonyl (C=O) groups is 1. The normalized spacial score (nSPS) is 17.9. The molecule has 1 saturated heterocycles. The number of aromatic nitrogens is 2. The molecule has 1 aromatic heterocycles. The summed E-state index contributed by atoms with van der Waals surface area (Å²) in [6.45, 7) is 1.77. The molecule has 1 unspecified atom stereocenters. The van der Waals surface area contributed by atoms with Crippen molar-refractivity contribution >= 4 is 32.7 Å². The maximum absolute atomic E-state index is 13.4. The van der Waals surface area contributed by atoms with Crippen LogP contribution in [0.2, 0.25) is 0 Å². The van der Waals surface area contributed by atoms with E-state index in [1.807, 2.05) is 0 Å². The second-order valence-corrected chi connectivity index (χ2v) is 8.65. The lowest BCUT2D eigenvalue weighted by Crippen LogP contribution is -2.31. The molecule has 4 rings (SSSR count). The van der Waals surface area contributed by atoms with Gasteiger partial charge in [-0.25, -0.2) is 17.8 Å². The highest BCUT2D eigenvalue weighted by atomic mass is 32.2. The van der Waals surface area contributed by atoms with E-state index in [-0.39, 0.29) is 16.6 Å². The fraction of sp³-hybridized carbons (Fsp3) is 0.263. The molecule has 1 aliphatic rings. The molecule has 1 amide bonds. The van der Waals surface area contributed by atoms with E-state index in [1.165, 1.54) is 35.5 Å². The van der Waals surface area contributed by atoms with Crippen molar-refractivity contribution < 1.29 is 17.6 Å². The highest BCUT2D eigenvalue weighted by molar-refractivity contribution is 7.89. The van der Waals surface area contributed by atoms with Crippen LogP contribution in [0, 0.1) is 5.82 Å². The maximum atomic E-state index is 13.4. The van der Waals surface area contributed by atoms with Gasteiger partial charge in [-0.2, -0.15) is 4.31 Å². The molecule has 0 bridgehead atoms. The minimum Gasteiger partial charge on any atom is -0.341 e. The van der Waals surface area contributed by atoms with E-state index in [0.717, 1.165) is 0 Å². The van der Waals surface area contributed by atoms with Crippen LogP contribution in [-0.2, 0) is 14.8 Å². The lowest BCUT2D eigenvalue weighted by atomic mass is 10.2. The second-order valence-electron chi connectivity index (χ2n) is 6.76. The number of aromatic amines is 1. The molecule has 146 valence electrons. The quantitative estimate of drug-likeness (QED) is 0.701. The average molecular weight is 402 g/mol. The standard InChI is InChI=1S/C19H19FN4O3S/c1-12(25)21-14-5-7-15(8-6-14)28(26,27)24-10-2-3-18(24)19-22-16-9-4-13(20)11-17(16)23-19/h4-9,11,18H,2-3,10H2,1H3,(H,21,25)(H,22,23). The van der Waals surface area contributed by atoms with Crippen molar-refractivity contribution in [3.8, 4) is 0 Å². The Hall–Kier alpha value is -2.78. The minimum atomic E-state index is -3.74. The van der Waals surface area contributed by atoms with Crippen LogP contribution < -0.4 is 5.32 Å². The molecule has 2 heterocycles. The molecule has 1 fully saturated rings. The summed E-state index contributed by atoms with van der Waals surface area (Å²) in [5, 5.41) is 2.61. The molecule has 1 aliphatic heterocycles. The molecule has 7 nitrogen and oxygen atoms in total. The first-order valence-corrected chi connectivity index (χ1v) is 10.3. The number of amides is 1. The van der Waals surface area contributed by atoms with E-state index < -0.39 is 16.1 Å². The predicted octanol–water partition coefficient (Wildman–Crippen LogP) is 3.19. The largest absolute Gasteiger partial charge is 0.341 e. The first-order chi connectivity index (χ1) is 13.3. The number of imidazole rings is 1. The molecular weight excluding hydrogens is 383 g/mol. The number of fused-ring (bicyclic) bond motifs is 1. The van der Waals surface area contributed by atoms with Crippen LogP contribution in [0.15, 0.2) is 47.4 Å². The van der Waals surface area contributed by atoms with Gasteiger partial charge in [-0.3, -0.25) is 4.79 Å². The summed E-state index contributed by atoms with van der Waals surface area (Å²) in [6, 6.07) is 9.88. The SMILES string of the molecule is CC(=O)Nc1ccc(S(=O)(=O)N2CCCC2c2nc3ccc(F)cc3[nH]2)cc1. The first kappa shape index (κ1) is 18.6. The van der Waals surface area contributed by atoms with Crippen molar-refractivity contribution in [2.45, 2.75) is 30.7 Å². The van der Waals surface area contributed by atoms with Gasteiger partial charge in [-0.05, 0) is 55.3 Å². The lowest BCUT2D eigenvalue weighted by Gasteiger charge is -2.22. The van der Waals surface area contributed by atoms with Crippen LogP contribution in [0.1, 0.15) is 31.6 Å². The van der Waals surface area contributed by atoms with E-state index in [1.54, 1.807) is 18.2 Å². The molecule has 0 spiro atoms. The van der Waals surface area contributed by atoms with Gasteiger partial charge in [0.15, 0.2) is 0 Å². The molecule has 9 heteroatoms. The zero-order chi connectivity index (χ0) is 19.9. The van der Waals surface area contributed by atoms with Gasteiger partial charge in [0.05, 0.1) is 22.0 Å². The highest BCUT2D eigenvalue weighted by Crippen LogP contribution is 2.36. The number of rotatable bonds is 4. The number of anilines is 1. The topological polar surface area (TPSA) is 95.2 Å². The number of H-pyrrole nitrogens is 1.